The Bertz CT molecular complexity index is 690. The van der Waals surface area contributed by atoms with Crippen molar-refractivity contribution in [2.45, 2.75) is 12.8 Å². The van der Waals surface area contributed by atoms with E-state index < -0.39 is 0 Å². The maximum absolute atomic E-state index is 13.0. The number of amides is 1. The third-order valence-corrected chi connectivity index (χ3v) is 4.19. The Morgan fingerprint density at radius 3 is 2.33 bits per heavy atom. The van der Waals surface area contributed by atoms with Crippen LogP contribution in [0.2, 0.25) is 0 Å². The van der Waals surface area contributed by atoms with Gasteiger partial charge in [0, 0.05) is 44.7 Å². The summed E-state index contributed by atoms with van der Waals surface area (Å²) >= 11 is 0. The topological polar surface area (TPSA) is 53.8 Å². The van der Waals surface area contributed by atoms with Crippen molar-refractivity contribution < 1.29 is 18.4 Å². The molecule has 0 saturated carbocycles. The molecule has 0 atom stereocenters. The molecule has 6 heteroatoms. The van der Waals surface area contributed by atoms with Crippen molar-refractivity contribution in [1.29, 1.82) is 0 Å². The first kappa shape index (κ1) is 16.2. The number of carbonyl (C=O) groups excluding carboxylic acids is 2. The Labute approximate surface area is 139 Å². The van der Waals surface area contributed by atoms with E-state index in [9.17, 15) is 14.0 Å². The van der Waals surface area contributed by atoms with Crippen LogP contribution in [0, 0.1) is 5.82 Å². The Kier molecular flexibility index (Phi) is 4.93. The van der Waals surface area contributed by atoms with E-state index >= 15 is 0 Å². The number of benzene rings is 1. The average molecular weight is 330 g/mol. The lowest BCUT2D eigenvalue weighted by atomic mass is 10.1. The molecule has 1 aromatic heterocycles. The highest BCUT2D eigenvalue weighted by atomic mass is 19.1. The molecule has 1 aromatic carbocycles. The lowest BCUT2D eigenvalue weighted by molar-refractivity contribution is -0.131. The molecule has 1 saturated heterocycles. The molecule has 1 fully saturated rings. The highest BCUT2D eigenvalue weighted by Crippen LogP contribution is 2.17. The summed E-state index contributed by atoms with van der Waals surface area (Å²) in [6.45, 7) is 2.60. The van der Waals surface area contributed by atoms with Crippen molar-refractivity contribution >= 4 is 17.4 Å². The number of nitrogens with zero attached hydrogens (tertiary/aromatic N) is 2. The molecule has 2 aromatic rings. The smallest absolute Gasteiger partial charge is 0.223 e. The van der Waals surface area contributed by atoms with Crippen LogP contribution < -0.4 is 4.90 Å². The highest BCUT2D eigenvalue weighted by molar-refractivity contribution is 5.95. The molecule has 1 amide bonds. The molecule has 1 aliphatic heterocycles. The molecule has 0 spiro atoms. The predicted octanol–water partition coefficient (Wildman–Crippen LogP) is 2.73. The van der Waals surface area contributed by atoms with Crippen LogP contribution in [0.5, 0.6) is 0 Å². The standard InChI is InChI=1S/C18H19FN2O3/c19-14-3-5-15(6-4-14)20-9-11-21(12-10-20)18(23)8-7-16(22)17-2-1-13-24-17/h1-6,13H,7-12H2. The highest BCUT2D eigenvalue weighted by Gasteiger charge is 2.22. The Morgan fingerprint density at radius 1 is 1.00 bits per heavy atom. The minimum atomic E-state index is -0.256. The number of furan rings is 1. The van der Waals surface area contributed by atoms with E-state index in [1.54, 1.807) is 29.2 Å². The van der Waals surface area contributed by atoms with E-state index in [4.69, 9.17) is 4.42 Å². The molecule has 0 N–H and O–H groups in total. The van der Waals surface area contributed by atoms with Crippen molar-refractivity contribution in [3.63, 3.8) is 0 Å². The van der Waals surface area contributed by atoms with E-state index in [1.807, 2.05) is 0 Å². The van der Waals surface area contributed by atoms with Crippen LogP contribution in [0.3, 0.4) is 0 Å². The van der Waals surface area contributed by atoms with Gasteiger partial charge in [0.1, 0.15) is 5.82 Å². The summed E-state index contributed by atoms with van der Waals surface area (Å²) in [4.78, 5) is 28.0. The van der Waals surface area contributed by atoms with E-state index in [2.05, 4.69) is 4.90 Å². The van der Waals surface area contributed by atoms with Crippen LogP contribution in [-0.4, -0.2) is 42.8 Å². The minimum absolute atomic E-state index is 0.0198. The summed E-state index contributed by atoms with van der Waals surface area (Å²) in [6, 6.07) is 9.63. The number of halogens is 1. The third kappa shape index (κ3) is 3.82. The molecular formula is C18H19FN2O3. The predicted molar refractivity (Wildman–Crippen MR) is 87.5 cm³/mol. The fourth-order valence-corrected chi connectivity index (χ4v) is 2.80. The lowest BCUT2D eigenvalue weighted by Crippen LogP contribution is -2.48. The number of ketones is 1. The summed E-state index contributed by atoms with van der Waals surface area (Å²) in [6.07, 6.45) is 1.80. The van der Waals surface area contributed by atoms with Gasteiger partial charge in [-0.2, -0.15) is 0 Å². The molecule has 0 unspecified atom stereocenters. The van der Waals surface area contributed by atoms with Gasteiger partial charge in [-0.15, -0.1) is 0 Å². The molecular weight excluding hydrogens is 311 g/mol. The van der Waals surface area contributed by atoms with Gasteiger partial charge >= 0.3 is 0 Å². The molecule has 0 bridgehead atoms. The normalized spacial score (nSPS) is 14.7. The monoisotopic (exact) mass is 330 g/mol. The number of anilines is 1. The van der Waals surface area contributed by atoms with Gasteiger partial charge in [0.05, 0.1) is 6.26 Å². The van der Waals surface area contributed by atoms with Crippen LogP contribution in [0.1, 0.15) is 23.4 Å². The van der Waals surface area contributed by atoms with Crippen molar-refractivity contribution in [3.8, 4) is 0 Å². The zero-order valence-electron chi connectivity index (χ0n) is 13.3. The minimum Gasteiger partial charge on any atom is -0.461 e. The van der Waals surface area contributed by atoms with Gasteiger partial charge in [-0.1, -0.05) is 0 Å². The van der Waals surface area contributed by atoms with Crippen LogP contribution in [-0.2, 0) is 4.79 Å². The first-order chi connectivity index (χ1) is 11.6. The molecule has 5 nitrogen and oxygen atoms in total. The summed E-state index contributed by atoms with van der Waals surface area (Å²) in [5, 5.41) is 0. The number of carbonyl (C=O) groups is 2. The fraction of sp³-hybridized carbons (Fsp3) is 0.333. The van der Waals surface area contributed by atoms with Gasteiger partial charge in [0.2, 0.25) is 5.91 Å². The van der Waals surface area contributed by atoms with E-state index in [1.165, 1.54) is 18.4 Å². The Hall–Kier alpha value is -2.63. The van der Waals surface area contributed by atoms with Gasteiger partial charge in [-0.05, 0) is 36.4 Å². The molecule has 1 aliphatic rings. The number of hydrogen-bond donors (Lipinski definition) is 0. The van der Waals surface area contributed by atoms with E-state index in [0.29, 0.717) is 31.9 Å². The zero-order valence-corrected chi connectivity index (χ0v) is 13.3. The van der Waals surface area contributed by atoms with Crippen LogP contribution in [0.15, 0.2) is 47.1 Å². The maximum atomic E-state index is 13.0. The number of Topliss-reactive ketones (excluding diaryl/α,β-unsaturated/α-hetero) is 1. The third-order valence-electron chi connectivity index (χ3n) is 4.19. The molecule has 0 aliphatic carbocycles. The van der Waals surface area contributed by atoms with Crippen LogP contribution in [0.4, 0.5) is 10.1 Å². The first-order valence-electron chi connectivity index (χ1n) is 7.98. The fourth-order valence-electron chi connectivity index (χ4n) is 2.80. The van der Waals surface area contributed by atoms with Gasteiger partial charge in [0.25, 0.3) is 0 Å². The molecule has 126 valence electrons. The Balaban J connectivity index is 1.46. The van der Waals surface area contributed by atoms with Gasteiger partial charge in [-0.25, -0.2) is 4.39 Å². The second-order valence-electron chi connectivity index (χ2n) is 5.74. The summed E-state index contributed by atoms with van der Waals surface area (Å²) in [5.41, 5.74) is 0.955. The van der Waals surface area contributed by atoms with Crippen LogP contribution >= 0.6 is 0 Å². The summed E-state index contributed by atoms with van der Waals surface area (Å²) in [7, 11) is 0. The first-order valence-corrected chi connectivity index (χ1v) is 7.98. The van der Waals surface area contributed by atoms with Gasteiger partial charge in [0.15, 0.2) is 11.5 Å². The summed E-state index contributed by atoms with van der Waals surface area (Å²) in [5.74, 6) is -0.135. The van der Waals surface area contributed by atoms with E-state index in [0.717, 1.165) is 5.69 Å². The number of hydrogen-bond acceptors (Lipinski definition) is 4. The SMILES string of the molecule is O=C(CCC(=O)N1CCN(c2ccc(F)cc2)CC1)c1ccco1. The van der Waals surface area contributed by atoms with Crippen molar-refractivity contribution in [3.05, 3.63) is 54.2 Å². The molecule has 24 heavy (non-hydrogen) atoms. The van der Waals surface area contributed by atoms with Gasteiger partial charge < -0.3 is 14.2 Å². The second kappa shape index (κ2) is 7.29. The molecule has 3 rings (SSSR count). The maximum Gasteiger partial charge on any atom is 0.223 e. The molecule has 2 heterocycles. The largest absolute Gasteiger partial charge is 0.461 e. The zero-order chi connectivity index (χ0) is 16.9. The summed E-state index contributed by atoms with van der Waals surface area (Å²) < 4.78 is 18.0. The van der Waals surface area contributed by atoms with E-state index in [-0.39, 0.29) is 30.3 Å². The second-order valence-corrected chi connectivity index (χ2v) is 5.74. The lowest BCUT2D eigenvalue weighted by Gasteiger charge is -2.36. The number of piperazine rings is 1. The number of rotatable bonds is 5. The van der Waals surface area contributed by atoms with Crippen molar-refractivity contribution in [2.75, 3.05) is 31.1 Å². The van der Waals surface area contributed by atoms with Crippen molar-refractivity contribution in [2.24, 2.45) is 0 Å². The molecule has 0 radical (unpaired) electrons. The van der Waals surface area contributed by atoms with Gasteiger partial charge in [-0.3, -0.25) is 9.59 Å². The quantitative estimate of drug-likeness (QED) is 0.791. The average Bonchev–Trinajstić information content (AvgIpc) is 3.15. The Morgan fingerprint density at radius 2 is 1.71 bits per heavy atom. The van der Waals surface area contributed by atoms with Crippen molar-refractivity contribution in [1.82, 2.24) is 4.90 Å². The van der Waals surface area contributed by atoms with Crippen LogP contribution in [0.25, 0.3) is 0 Å².